The van der Waals surface area contributed by atoms with E-state index in [-0.39, 0.29) is 16.4 Å². The van der Waals surface area contributed by atoms with E-state index in [0.717, 1.165) is 6.26 Å². The van der Waals surface area contributed by atoms with Gasteiger partial charge in [0.25, 0.3) is 5.91 Å². The number of hydrogen-bond acceptors (Lipinski definition) is 4. The fourth-order valence-corrected chi connectivity index (χ4v) is 2.79. The van der Waals surface area contributed by atoms with Gasteiger partial charge in [0, 0.05) is 17.4 Å². The summed E-state index contributed by atoms with van der Waals surface area (Å²) in [6.45, 7) is 1.44. The summed E-state index contributed by atoms with van der Waals surface area (Å²) in [6.07, 6.45) is 1.08. The van der Waals surface area contributed by atoms with E-state index in [0.29, 0.717) is 11.1 Å². The Morgan fingerprint density at radius 3 is 2.00 bits per heavy atom. The third kappa shape index (κ3) is 3.59. The third-order valence-corrected chi connectivity index (χ3v) is 4.24. The maximum Gasteiger partial charge on any atom is 0.255 e. The van der Waals surface area contributed by atoms with Crippen LogP contribution in [0.3, 0.4) is 0 Å². The van der Waals surface area contributed by atoms with E-state index in [1.807, 2.05) is 0 Å². The Bertz CT molecular complexity index is 823. The summed E-state index contributed by atoms with van der Waals surface area (Å²) in [5, 5.41) is 2.58. The topological polar surface area (TPSA) is 80.3 Å². The number of carbonyl (C=O) groups excluding carboxylic acids is 2. The van der Waals surface area contributed by atoms with E-state index in [9.17, 15) is 18.0 Å². The Morgan fingerprint density at radius 2 is 1.45 bits per heavy atom. The van der Waals surface area contributed by atoms with Crippen molar-refractivity contribution >= 4 is 27.2 Å². The van der Waals surface area contributed by atoms with Gasteiger partial charge in [0.15, 0.2) is 15.6 Å². The van der Waals surface area contributed by atoms with E-state index < -0.39 is 15.7 Å². The van der Waals surface area contributed by atoms with Crippen LogP contribution in [0.5, 0.6) is 0 Å². The molecule has 0 aliphatic rings. The van der Waals surface area contributed by atoms with Crippen LogP contribution in [-0.4, -0.2) is 26.4 Å². The highest BCUT2D eigenvalue weighted by atomic mass is 32.2. The van der Waals surface area contributed by atoms with Gasteiger partial charge < -0.3 is 5.32 Å². The summed E-state index contributed by atoms with van der Waals surface area (Å²) >= 11 is 0. The molecule has 0 spiro atoms. The number of amides is 1. The third-order valence-electron chi connectivity index (χ3n) is 3.09. The van der Waals surface area contributed by atoms with E-state index in [1.165, 1.54) is 31.2 Å². The molecule has 0 aromatic heterocycles. The number of para-hydroxylation sites is 1. The molecule has 2 aromatic carbocycles. The first-order valence-electron chi connectivity index (χ1n) is 6.50. The van der Waals surface area contributed by atoms with Crippen LogP contribution in [0.15, 0.2) is 53.4 Å². The predicted molar refractivity (Wildman–Crippen MR) is 84.0 cm³/mol. The van der Waals surface area contributed by atoms with Gasteiger partial charge in [0.1, 0.15) is 0 Å². The molecule has 0 aliphatic carbocycles. The summed E-state index contributed by atoms with van der Waals surface area (Å²) in [5.74, 6) is -0.527. The van der Waals surface area contributed by atoms with Crippen LogP contribution in [0.2, 0.25) is 0 Å². The molecule has 0 radical (unpaired) electrons. The Morgan fingerprint density at radius 1 is 0.909 bits per heavy atom. The molecule has 2 aromatic rings. The van der Waals surface area contributed by atoms with Crippen LogP contribution < -0.4 is 5.32 Å². The summed E-state index contributed by atoms with van der Waals surface area (Å²) in [6, 6.07) is 12.3. The standard InChI is InChI=1S/C16H15NO4S/c1-11(18)12-7-9-13(10-8-12)16(19)17-14-5-3-4-6-15(14)22(2,20)21/h3-10H,1-2H3,(H,17,19). The number of rotatable bonds is 4. The van der Waals surface area contributed by atoms with Crippen molar-refractivity contribution in [2.45, 2.75) is 11.8 Å². The van der Waals surface area contributed by atoms with E-state index in [2.05, 4.69) is 5.32 Å². The molecule has 0 aliphatic heterocycles. The average Bonchev–Trinajstić information content (AvgIpc) is 2.46. The Kier molecular flexibility index (Phi) is 4.42. The highest BCUT2D eigenvalue weighted by molar-refractivity contribution is 7.90. The predicted octanol–water partition coefficient (Wildman–Crippen LogP) is 2.55. The fourth-order valence-electron chi connectivity index (χ4n) is 1.94. The van der Waals surface area contributed by atoms with Gasteiger partial charge in [-0.25, -0.2) is 8.42 Å². The van der Waals surface area contributed by atoms with Gasteiger partial charge in [0.2, 0.25) is 0 Å². The summed E-state index contributed by atoms with van der Waals surface area (Å²) < 4.78 is 23.4. The van der Waals surface area contributed by atoms with Crippen LogP contribution >= 0.6 is 0 Å². The van der Waals surface area contributed by atoms with Crippen LogP contribution in [0, 0.1) is 0 Å². The molecule has 1 amide bonds. The van der Waals surface area contributed by atoms with E-state index >= 15 is 0 Å². The molecular weight excluding hydrogens is 302 g/mol. The molecule has 0 fully saturated rings. The minimum Gasteiger partial charge on any atom is -0.321 e. The molecule has 0 unspecified atom stereocenters. The summed E-state index contributed by atoms with van der Waals surface area (Å²) in [5.41, 5.74) is 1.08. The highest BCUT2D eigenvalue weighted by Gasteiger charge is 2.15. The minimum absolute atomic E-state index is 0.0590. The maximum atomic E-state index is 12.2. The Labute approximate surface area is 128 Å². The zero-order chi connectivity index (χ0) is 16.3. The number of benzene rings is 2. The molecule has 5 nitrogen and oxygen atoms in total. The molecular formula is C16H15NO4S. The van der Waals surface area contributed by atoms with Crippen LogP contribution in [0.1, 0.15) is 27.6 Å². The van der Waals surface area contributed by atoms with Crippen molar-refractivity contribution in [1.82, 2.24) is 0 Å². The number of Topliss-reactive ketones (excluding diaryl/α,β-unsaturated/α-hetero) is 1. The largest absolute Gasteiger partial charge is 0.321 e. The van der Waals surface area contributed by atoms with Gasteiger partial charge in [-0.05, 0) is 31.2 Å². The van der Waals surface area contributed by atoms with Gasteiger partial charge in [-0.15, -0.1) is 0 Å². The first kappa shape index (κ1) is 15.9. The van der Waals surface area contributed by atoms with Gasteiger partial charge >= 0.3 is 0 Å². The monoisotopic (exact) mass is 317 g/mol. The quantitative estimate of drug-likeness (QED) is 0.879. The first-order chi connectivity index (χ1) is 10.3. The van der Waals surface area contributed by atoms with Crippen LogP contribution in [-0.2, 0) is 9.84 Å². The lowest BCUT2D eigenvalue weighted by Gasteiger charge is -2.09. The zero-order valence-corrected chi connectivity index (χ0v) is 13.0. The second-order valence-electron chi connectivity index (χ2n) is 4.86. The van der Waals surface area contributed by atoms with Gasteiger partial charge in [-0.3, -0.25) is 9.59 Å². The lowest BCUT2D eigenvalue weighted by atomic mass is 10.1. The molecule has 22 heavy (non-hydrogen) atoms. The number of anilines is 1. The molecule has 0 bridgehead atoms. The molecule has 2 rings (SSSR count). The summed E-state index contributed by atoms with van der Waals surface area (Å²) in [4.78, 5) is 23.4. The van der Waals surface area contributed by atoms with Gasteiger partial charge in [-0.2, -0.15) is 0 Å². The molecule has 0 atom stereocenters. The van der Waals surface area contributed by atoms with Gasteiger partial charge in [-0.1, -0.05) is 24.3 Å². The van der Waals surface area contributed by atoms with Crippen molar-refractivity contribution in [2.75, 3.05) is 11.6 Å². The van der Waals surface area contributed by atoms with Crippen molar-refractivity contribution in [1.29, 1.82) is 0 Å². The Hall–Kier alpha value is -2.47. The molecule has 0 saturated carbocycles. The van der Waals surface area contributed by atoms with Crippen LogP contribution in [0.25, 0.3) is 0 Å². The van der Waals surface area contributed by atoms with Crippen molar-refractivity contribution in [2.24, 2.45) is 0 Å². The lowest BCUT2D eigenvalue weighted by Crippen LogP contribution is -2.14. The smallest absolute Gasteiger partial charge is 0.255 e. The Balaban J connectivity index is 2.28. The summed E-state index contributed by atoms with van der Waals surface area (Å²) in [7, 11) is -3.44. The molecule has 1 N–H and O–H groups in total. The van der Waals surface area contributed by atoms with Crippen LogP contribution in [0.4, 0.5) is 5.69 Å². The highest BCUT2D eigenvalue weighted by Crippen LogP contribution is 2.21. The lowest BCUT2D eigenvalue weighted by molar-refractivity contribution is 0.100. The number of nitrogens with one attached hydrogen (secondary N) is 1. The van der Waals surface area contributed by atoms with Crippen molar-refractivity contribution < 1.29 is 18.0 Å². The molecule has 0 saturated heterocycles. The molecule has 0 heterocycles. The second kappa shape index (κ2) is 6.11. The number of hydrogen-bond donors (Lipinski definition) is 1. The second-order valence-corrected chi connectivity index (χ2v) is 6.84. The molecule has 114 valence electrons. The van der Waals surface area contributed by atoms with E-state index in [1.54, 1.807) is 24.3 Å². The van der Waals surface area contributed by atoms with Crippen molar-refractivity contribution in [3.8, 4) is 0 Å². The average molecular weight is 317 g/mol. The normalized spacial score (nSPS) is 11.0. The van der Waals surface area contributed by atoms with E-state index in [4.69, 9.17) is 0 Å². The zero-order valence-electron chi connectivity index (χ0n) is 12.2. The minimum atomic E-state index is -3.44. The fraction of sp³-hybridized carbons (Fsp3) is 0.125. The maximum absolute atomic E-state index is 12.2. The SMILES string of the molecule is CC(=O)c1ccc(C(=O)Nc2ccccc2S(C)(=O)=O)cc1. The van der Waals surface area contributed by atoms with Crippen molar-refractivity contribution in [3.05, 3.63) is 59.7 Å². The van der Waals surface area contributed by atoms with Crippen molar-refractivity contribution in [3.63, 3.8) is 0 Å². The first-order valence-corrected chi connectivity index (χ1v) is 8.39. The number of sulfone groups is 1. The number of ketones is 1. The molecule has 6 heteroatoms. The van der Waals surface area contributed by atoms with Gasteiger partial charge in [0.05, 0.1) is 10.6 Å². The number of carbonyl (C=O) groups is 2.